The highest BCUT2D eigenvalue weighted by atomic mass is 15.3. The van der Waals surface area contributed by atoms with Crippen molar-refractivity contribution in [1.29, 1.82) is 0 Å². The Morgan fingerprint density at radius 3 is 2.41 bits per heavy atom. The Kier molecular flexibility index (Phi) is 4.28. The molecule has 0 fully saturated rings. The van der Waals surface area contributed by atoms with Crippen LogP contribution in [0, 0.1) is 18.3 Å². The highest BCUT2D eigenvalue weighted by Crippen LogP contribution is 2.26. The van der Waals surface area contributed by atoms with Crippen LogP contribution in [0.2, 0.25) is 0 Å². The van der Waals surface area contributed by atoms with Crippen molar-refractivity contribution >= 4 is 11.6 Å². The number of hydrogen-bond donors (Lipinski definition) is 3. The predicted octanol–water partition coefficient (Wildman–Crippen LogP) is 2.16. The molecular weight excluding hydrogens is 214 g/mol. The topological polar surface area (TPSA) is 75.9 Å². The zero-order chi connectivity index (χ0) is 13.1. The molecule has 17 heavy (non-hydrogen) atoms. The van der Waals surface area contributed by atoms with Gasteiger partial charge in [0.1, 0.15) is 18.0 Å². The number of anilines is 2. The van der Waals surface area contributed by atoms with E-state index >= 15 is 0 Å². The SMILES string of the molecule is Cc1c(NN)ncnc1NCC(C)C(C)(C)C. The van der Waals surface area contributed by atoms with Gasteiger partial charge in [-0.1, -0.05) is 27.7 Å². The van der Waals surface area contributed by atoms with Gasteiger partial charge in [-0.25, -0.2) is 15.8 Å². The fourth-order valence-corrected chi connectivity index (χ4v) is 1.33. The molecule has 0 radical (unpaired) electrons. The number of hydrogen-bond acceptors (Lipinski definition) is 5. The van der Waals surface area contributed by atoms with Crippen molar-refractivity contribution in [3.63, 3.8) is 0 Å². The molecule has 0 aromatic carbocycles. The third-order valence-corrected chi connectivity index (χ3v) is 3.27. The van der Waals surface area contributed by atoms with Gasteiger partial charge < -0.3 is 10.7 Å². The Balaban J connectivity index is 2.70. The van der Waals surface area contributed by atoms with Gasteiger partial charge in [0, 0.05) is 12.1 Å². The third-order valence-electron chi connectivity index (χ3n) is 3.27. The molecule has 96 valence electrons. The number of rotatable bonds is 4. The lowest BCUT2D eigenvalue weighted by molar-refractivity contribution is 0.274. The predicted molar refractivity (Wildman–Crippen MR) is 71.7 cm³/mol. The molecule has 1 unspecified atom stereocenters. The van der Waals surface area contributed by atoms with Crippen LogP contribution in [0.4, 0.5) is 11.6 Å². The standard InChI is InChI=1S/C12H23N5/c1-8(12(3,4)5)6-14-10-9(2)11(17-13)16-7-15-10/h7-8H,6,13H2,1-5H3,(H2,14,15,16,17). The lowest BCUT2D eigenvalue weighted by Crippen LogP contribution is -2.25. The first kappa shape index (κ1) is 13.7. The van der Waals surface area contributed by atoms with E-state index < -0.39 is 0 Å². The van der Waals surface area contributed by atoms with E-state index in [9.17, 15) is 0 Å². The average Bonchev–Trinajstić information content (AvgIpc) is 2.26. The second-order valence-corrected chi connectivity index (χ2v) is 5.49. The van der Waals surface area contributed by atoms with E-state index in [2.05, 4.69) is 48.4 Å². The van der Waals surface area contributed by atoms with Crippen molar-refractivity contribution in [2.24, 2.45) is 17.2 Å². The second kappa shape index (κ2) is 5.31. The van der Waals surface area contributed by atoms with Gasteiger partial charge in [-0.3, -0.25) is 0 Å². The minimum atomic E-state index is 0.281. The quantitative estimate of drug-likeness (QED) is 0.552. The van der Waals surface area contributed by atoms with Crippen LogP contribution in [0.5, 0.6) is 0 Å². The molecule has 0 saturated carbocycles. The molecular formula is C12H23N5. The summed E-state index contributed by atoms with van der Waals surface area (Å²) in [5.41, 5.74) is 3.78. The van der Waals surface area contributed by atoms with Crippen LogP contribution in [0.1, 0.15) is 33.3 Å². The number of aromatic nitrogens is 2. The largest absolute Gasteiger partial charge is 0.369 e. The van der Waals surface area contributed by atoms with Crippen LogP contribution < -0.4 is 16.6 Å². The fourth-order valence-electron chi connectivity index (χ4n) is 1.33. The zero-order valence-electron chi connectivity index (χ0n) is 11.3. The average molecular weight is 237 g/mol. The van der Waals surface area contributed by atoms with Crippen LogP contribution >= 0.6 is 0 Å². The van der Waals surface area contributed by atoms with Crippen molar-refractivity contribution in [1.82, 2.24) is 9.97 Å². The summed E-state index contributed by atoms with van der Waals surface area (Å²) in [5.74, 6) is 7.42. The number of nitrogens with two attached hydrogens (primary N) is 1. The van der Waals surface area contributed by atoms with Gasteiger partial charge in [0.15, 0.2) is 0 Å². The van der Waals surface area contributed by atoms with Crippen LogP contribution in [-0.2, 0) is 0 Å². The van der Waals surface area contributed by atoms with Gasteiger partial charge in [-0.05, 0) is 18.3 Å². The van der Waals surface area contributed by atoms with Gasteiger partial charge in [0.05, 0.1) is 0 Å². The molecule has 0 amide bonds. The van der Waals surface area contributed by atoms with Gasteiger partial charge in [-0.15, -0.1) is 0 Å². The van der Waals surface area contributed by atoms with E-state index in [1.54, 1.807) is 0 Å². The number of nitrogens with one attached hydrogen (secondary N) is 2. The van der Waals surface area contributed by atoms with Crippen LogP contribution in [0.25, 0.3) is 0 Å². The summed E-state index contributed by atoms with van der Waals surface area (Å²) in [6, 6.07) is 0. The van der Waals surface area contributed by atoms with Gasteiger partial charge in [0.2, 0.25) is 0 Å². The summed E-state index contributed by atoms with van der Waals surface area (Å²) in [7, 11) is 0. The first-order chi connectivity index (χ1) is 7.86. The Labute approximate surface area is 103 Å². The third kappa shape index (κ3) is 3.56. The molecule has 0 aliphatic carbocycles. The molecule has 0 bridgehead atoms. The summed E-state index contributed by atoms with van der Waals surface area (Å²) >= 11 is 0. The Morgan fingerprint density at radius 1 is 1.29 bits per heavy atom. The molecule has 0 aliphatic rings. The molecule has 0 saturated heterocycles. The van der Waals surface area contributed by atoms with Crippen molar-refractivity contribution < 1.29 is 0 Å². The summed E-state index contributed by atoms with van der Waals surface area (Å²) in [5, 5.41) is 3.35. The van der Waals surface area contributed by atoms with Crippen LogP contribution in [0.15, 0.2) is 6.33 Å². The molecule has 1 rings (SSSR count). The maximum atomic E-state index is 5.38. The molecule has 0 aliphatic heterocycles. The van der Waals surface area contributed by atoms with Crippen molar-refractivity contribution in [3.8, 4) is 0 Å². The normalized spacial score (nSPS) is 13.3. The lowest BCUT2D eigenvalue weighted by atomic mass is 9.82. The van der Waals surface area contributed by atoms with Crippen molar-refractivity contribution in [2.45, 2.75) is 34.6 Å². The molecule has 1 heterocycles. The van der Waals surface area contributed by atoms with E-state index in [1.165, 1.54) is 6.33 Å². The molecule has 1 aromatic rings. The molecule has 4 N–H and O–H groups in total. The van der Waals surface area contributed by atoms with Gasteiger partial charge in [-0.2, -0.15) is 0 Å². The maximum absolute atomic E-state index is 5.38. The summed E-state index contributed by atoms with van der Waals surface area (Å²) < 4.78 is 0. The minimum absolute atomic E-state index is 0.281. The van der Waals surface area contributed by atoms with E-state index in [4.69, 9.17) is 5.84 Å². The highest BCUT2D eigenvalue weighted by Gasteiger charge is 2.20. The molecule has 1 atom stereocenters. The summed E-state index contributed by atoms with van der Waals surface area (Å²) in [6.07, 6.45) is 1.51. The summed E-state index contributed by atoms with van der Waals surface area (Å²) in [4.78, 5) is 8.27. The smallest absolute Gasteiger partial charge is 0.148 e. The first-order valence-electron chi connectivity index (χ1n) is 5.88. The number of nitrogen functional groups attached to an aromatic ring is 1. The molecule has 1 aromatic heterocycles. The Morgan fingerprint density at radius 2 is 1.88 bits per heavy atom. The fraction of sp³-hybridized carbons (Fsp3) is 0.667. The van der Waals surface area contributed by atoms with Crippen LogP contribution in [-0.4, -0.2) is 16.5 Å². The Bertz CT molecular complexity index is 370. The minimum Gasteiger partial charge on any atom is -0.369 e. The number of hydrazine groups is 1. The summed E-state index contributed by atoms with van der Waals surface area (Å²) in [6.45, 7) is 11.8. The number of nitrogens with zero attached hydrogens (tertiary/aromatic N) is 2. The maximum Gasteiger partial charge on any atom is 0.148 e. The van der Waals surface area contributed by atoms with E-state index in [0.717, 1.165) is 17.9 Å². The lowest BCUT2D eigenvalue weighted by Gasteiger charge is -2.27. The van der Waals surface area contributed by atoms with Crippen molar-refractivity contribution in [2.75, 3.05) is 17.3 Å². The monoisotopic (exact) mass is 237 g/mol. The highest BCUT2D eigenvalue weighted by molar-refractivity contribution is 5.55. The molecule has 5 heteroatoms. The zero-order valence-corrected chi connectivity index (χ0v) is 11.3. The van der Waals surface area contributed by atoms with E-state index in [1.807, 2.05) is 6.92 Å². The Hall–Kier alpha value is -1.36. The van der Waals surface area contributed by atoms with Crippen molar-refractivity contribution in [3.05, 3.63) is 11.9 Å². The van der Waals surface area contributed by atoms with Crippen LogP contribution in [0.3, 0.4) is 0 Å². The van der Waals surface area contributed by atoms with E-state index in [-0.39, 0.29) is 5.41 Å². The molecule has 0 spiro atoms. The second-order valence-electron chi connectivity index (χ2n) is 5.49. The van der Waals surface area contributed by atoms with Gasteiger partial charge in [0.25, 0.3) is 0 Å². The van der Waals surface area contributed by atoms with Gasteiger partial charge >= 0.3 is 0 Å². The molecule has 5 nitrogen and oxygen atoms in total. The first-order valence-corrected chi connectivity index (χ1v) is 5.88. The van der Waals surface area contributed by atoms with E-state index in [0.29, 0.717) is 11.7 Å².